The lowest BCUT2D eigenvalue weighted by Crippen LogP contribution is -2.45. The first-order chi connectivity index (χ1) is 15.1. The summed E-state index contributed by atoms with van der Waals surface area (Å²) in [6.07, 6.45) is -4.74. The van der Waals surface area contributed by atoms with E-state index in [0.29, 0.717) is 11.1 Å². The molecule has 1 atom stereocenters. The molecule has 1 fully saturated rings. The smallest absolute Gasteiger partial charge is 0.416 e. The van der Waals surface area contributed by atoms with Crippen LogP contribution in [-0.4, -0.2) is 24.3 Å². The summed E-state index contributed by atoms with van der Waals surface area (Å²) in [6.45, 7) is 1.61. The van der Waals surface area contributed by atoms with E-state index >= 15 is 0 Å². The van der Waals surface area contributed by atoms with Crippen molar-refractivity contribution in [1.29, 1.82) is 0 Å². The molecule has 32 heavy (non-hydrogen) atoms. The van der Waals surface area contributed by atoms with Crippen molar-refractivity contribution in [1.82, 2.24) is 10.9 Å². The lowest BCUT2D eigenvalue weighted by Gasteiger charge is -2.18. The minimum atomic E-state index is -4.55. The molecule has 0 saturated carbocycles. The summed E-state index contributed by atoms with van der Waals surface area (Å²) in [7, 11) is 0. The lowest BCUT2D eigenvalue weighted by atomic mass is 10.1. The highest BCUT2D eigenvalue weighted by molar-refractivity contribution is 6.02. The van der Waals surface area contributed by atoms with Gasteiger partial charge in [0, 0.05) is 29.6 Å². The third-order valence-corrected chi connectivity index (χ3v) is 5.33. The highest BCUT2D eigenvalue weighted by Gasteiger charge is 2.37. The molecule has 1 aliphatic rings. The van der Waals surface area contributed by atoms with Crippen molar-refractivity contribution in [3.05, 3.63) is 65.4 Å². The van der Waals surface area contributed by atoms with E-state index in [2.05, 4.69) is 10.9 Å². The number of nitrogens with zero attached hydrogens (tertiary/aromatic N) is 1. The molecule has 166 valence electrons. The van der Waals surface area contributed by atoms with Gasteiger partial charge in [-0.15, -0.1) is 0 Å². The van der Waals surface area contributed by atoms with E-state index in [1.807, 2.05) is 6.07 Å². The fourth-order valence-electron chi connectivity index (χ4n) is 3.65. The summed E-state index contributed by atoms with van der Waals surface area (Å²) < 4.78 is 44.4. The summed E-state index contributed by atoms with van der Waals surface area (Å²) in [5, 5.41) is 0.766. The van der Waals surface area contributed by atoms with E-state index in [9.17, 15) is 27.6 Å². The third-order valence-electron chi connectivity index (χ3n) is 5.33. The van der Waals surface area contributed by atoms with Gasteiger partial charge in [0.15, 0.2) is 5.76 Å². The van der Waals surface area contributed by atoms with E-state index in [4.69, 9.17) is 4.42 Å². The highest BCUT2D eigenvalue weighted by atomic mass is 19.4. The maximum absolute atomic E-state index is 13.0. The fraction of sp³-hybridized carbons (Fsp3) is 0.227. The number of rotatable bonds is 3. The number of hydrazine groups is 1. The van der Waals surface area contributed by atoms with Gasteiger partial charge in [0.2, 0.25) is 11.8 Å². The van der Waals surface area contributed by atoms with Crippen LogP contribution in [0.4, 0.5) is 18.9 Å². The van der Waals surface area contributed by atoms with Gasteiger partial charge in [-0.25, -0.2) is 0 Å². The first-order valence-corrected chi connectivity index (χ1v) is 9.71. The zero-order valence-electron chi connectivity index (χ0n) is 16.8. The number of hydrogen-bond donors (Lipinski definition) is 2. The summed E-state index contributed by atoms with van der Waals surface area (Å²) >= 11 is 0. The van der Waals surface area contributed by atoms with Crippen LogP contribution in [0.25, 0.3) is 11.0 Å². The molecule has 2 N–H and O–H groups in total. The van der Waals surface area contributed by atoms with Gasteiger partial charge in [0.25, 0.3) is 0 Å². The Hall–Kier alpha value is -3.82. The van der Waals surface area contributed by atoms with Gasteiger partial charge in [-0.2, -0.15) is 13.2 Å². The first kappa shape index (κ1) is 21.4. The van der Waals surface area contributed by atoms with Crippen LogP contribution < -0.4 is 15.8 Å². The molecule has 10 heteroatoms. The van der Waals surface area contributed by atoms with Crippen molar-refractivity contribution in [3.8, 4) is 0 Å². The molecule has 0 aliphatic carbocycles. The predicted molar refractivity (Wildman–Crippen MR) is 108 cm³/mol. The van der Waals surface area contributed by atoms with Crippen molar-refractivity contribution in [2.24, 2.45) is 5.92 Å². The Morgan fingerprint density at radius 3 is 2.56 bits per heavy atom. The molecule has 1 unspecified atom stereocenters. The molecule has 0 spiro atoms. The normalized spacial score (nSPS) is 16.4. The molecule has 1 aliphatic heterocycles. The number of halogens is 3. The Labute approximate surface area is 180 Å². The second kappa shape index (κ2) is 8.03. The molecule has 3 aromatic rings. The second-order valence-corrected chi connectivity index (χ2v) is 7.45. The Morgan fingerprint density at radius 2 is 1.84 bits per heavy atom. The molecule has 2 aromatic carbocycles. The third kappa shape index (κ3) is 4.03. The molecular formula is C22H18F3N3O4. The summed E-state index contributed by atoms with van der Waals surface area (Å²) in [5.41, 5.74) is 4.84. The number of amides is 3. The number of fused-ring (bicyclic) bond motifs is 1. The average Bonchev–Trinajstić information content (AvgIpc) is 3.32. The molecular weight excluding hydrogens is 427 g/mol. The van der Waals surface area contributed by atoms with Crippen molar-refractivity contribution < 1.29 is 32.0 Å². The number of carbonyl (C=O) groups excluding carboxylic acids is 3. The predicted octanol–water partition coefficient (Wildman–Crippen LogP) is 3.57. The Bertz CT molecular complexity index is 1220. The number of anilines is 1. The van der Waals surface area contributed by atoms with Crippen LogP contribution in [0, 0.1) is 12.8 Å². The number of furan rings is 1. The van der Waals surface area contributed by atoms with Crippen molar-refractivity contribution >= 4 is 34.4 Å². The molecule has 2 heterocycles. The molecule has 1 saturated heterocycles. The van der Waals surface area contributed by atoms with E-state index in [-0.39, 0.29) is 24.4 Å². The van der Waals surface area contributed by atoms with Gasteiger partial charge >= 0.3 is 12.1 Å². The van der Waals surface area contributed by atoms with Crippen molar-refractivity contribution in [3.63, 3.8) is 0 Å². The number of para-hydroxylation sites is 1. The minimum absolute atomic E-state index is 0.0413. The second-order valence-electron chi connectivity index (χ2n) is 7.45. The van der Waals surface area contributed by atoms with Crippen LogP contribution in [0.15, 0.2) is 52.9 Å². The molecule has 0 radical (unpaired) electrons. The van der Waals surface area contributed by atoms with Crippen LogP contribution in [-0.2, 0) is 15.8 Å². The van der Waals surface area contributed by atoms with Crippen LogP contribution in [0.1, 0.15) is 28.1 Å². The van der Waals surface area contributed by atoms with Gasteiger partial charge in [0.05, 0.1) is 11.5 Å². The van der Waals surface area contributed by atoms with Crippen molar-refractivity contribution in [2.75, 3.05) is 11.4 Å². The van der Waals surface area contributed by atoms with Gasteiger partial charge < -0.3 is 9.32 Å². The standard InChI is InChI=1S/C22H18F3N3O4/c1-12-16-7-2-3-8-17(16)32-19(12)21(31)27-26-20(30)13-9-18(29)28(11-13)15-6-4-5-14(10-15)22(23,24)25/h2-8,10,13H,9,11H2,1H3,(H,26,30)(H,27,31). The monoisotopic (exact) mass is 445 g/mol. The van der Waals surface area contributed by atoms with Gasteiger partial charge in [-0.05, 0) is 31.2 Å². The molecule has 4 rings (SSSR count). The summed E-state index contributed by atoms with van der Waals surface area (Å²) in [6, 6.07) is 11.4. The molecule has 1 aromatic heterocycles. The quantitative estimate of drug-likeness (QED) is 0.603. The minimum Gasteiger partial charge on any atom is -0.451 e. The SMILES string of the molecule is Cc1c(C(=O)NNC(=O)C2CC(=O)N(c3cccc(C(F)(F)F)c3)C2)oc2ccccc12. The van der Waals surface area contributed by atoms with Gasteiger partial charge in [0.1, 0.15) is 5.58 Å². The number of nitrogens with one attached hydrogen (secondary N) is 2. The van der Waals surface area contributed by atoms with Gasteiger partial charge in [-0.3, -0.25) is 25.2 Å². The summed E-state index contributed by atoms with van der Waals surface area (Å²) in [4.78, 5) is 38.4. The maximum Gasteiger partial charge on any atom is 0.416 e. The van der Waals surface area contributed by atoms with E-state index in [1.165, 1.54) is 12.1 Å². The topological polar surface area (TPSA) is 91.7 Å². The Morgan fingerprint density at radius 1 is 1.09 bits per heavy atom. The largest absolute Gasteiger partial charge is 0.451 e. The van der Waals surface area contributed by atoms with E-state index in [0.717, 1.165) is 22.4 Å². The first-order valence-electron chi connectivity index (χ1n) is 9.71. The van der Waals surface area contributed by atoms with Crippen molar-refractivity contribution in [2.45, 2.75) is 19.5 Å². The molecule has 3 amide bonds. The maximum atomic E-state index is 13.0. The summed E-state index contributed by atoms with van der Waals surface area (Å²) in [5.74, 6) is -2.57. The number of alkyl halides is 3. The number of benzene rings is 2. The zero-order chi connectivity index (χ0) is 23.0. The Kier molecular flexibility index (Phi) is 5.37. The number of aryl methyl sites for hydroxylation is 1. The zero-order valence-corrected chi connectivity index (χ0v) is 16.8. The van der Waals surface area contributed by atoms with Crippen LogP contribution >= 0.6 is 0 Å². The van der Waals surface area contributed by atoms with Crippen LogP contribution in [0.5, 0.6) is 0 Å². The van der Waals surface area contributed by atoms with E-state index < -0.39 is 35.4 Å². The van der Waals surface area contributed by atoms with Gasteiger partial charge in [-0.1, -0.05) is 24.3 Å². The Balaban J connectivity index is 1.41. The average molecular weight is 445 g/mol. The van der Waals surface area contributed by atoms with E-state index in [1.54, 1.807) is 25.1 Å². The van der Waals surface area contributed by atoms with Crippen LogP contribution in [0.3, 0.4) is 0 Å². The number of hydrogen-bond acceptors (Lipinski definition) is 4. The lowest BCUT2D eigenvalue weighted by molar-refractivity contribution is -0.137. The number of carbonyl (C=O) groups is 3. The molecule has 0 bridgehead atoms. The highest BCUT2D eigenvalue weighted by Crippen LogP contribution is 2.33. The van der Waals surface area contributed by atoms with Crippen LogP contribution in [0.2, 0.25) is 0 Å². The fourth-order valence-corrected chi connectivity index (χ4v) is 3.65. The molecule has 7 nitrogen and oxygen atoms in total.